The number of para-hydroxylation sites is 1. The van der Waals surface area contributed by atoms with Gasteiger partial charge in [0, 0.05) is 4.90 Å². The number of anilines is 1. The van der Waals surface area contributed by atoms with Crippen molar-refractivity contribution in [2.75, 3.05) is 5.32 Å². The van der Waals surface area contributed by atoms with Crippen molar-refractivity contribution in [3.63, 3.8) is 0 Å². The van der Waals surface area contributed by atoms with E-state index in [1.165, 1.54) is 11.8 Å². The van der Waals surface area contributed by atoms with Crippen molar-refractivity contribution < 1.29 is 14.3 Å². The molecule has 5 heteroatoms. The van der Waals surface area contributed by atoms with Crippen LogP contribution in [0.25, 0.3) is 0 Å². The number of aryl methyl sites for hydroxylation is 1. The highest BCUT2D eigenvalue weighted by Gasteiger charge is 2.29. The fourth-order valence-corrected chi connectivity index (χ4v) is 3.38. The van der Waals surface area contributed by atoms with Crippen molar-refractivity contribution in [1.82, 2.24) is 0 Å². The summed E-state index contributed by atoms with van der Waals surface area (Å²) >= 11 is 1.40. The first-order valence-corrected chi connectivity index (χ1v) is 8.27. The molecule has 0 unspecified atom stereocenters. The smallest absolute Gasteiger partial charge is 0.307 e. The van der Waals surface area contributed by atoms with Gasteiger partial charge in [-0.2, -0.15) is 0 Å². The van der Waals surface area contributed by atoms with Crippen molar-refractivity contribution in [1.29, 1.82) is 0 Å². The largest absolute Gasteiger partial charge is 0.461 e. The molecule has 0 saturated heterocycles. The first kappa shape index (κ1) is 15.6. The second kappa shape index (κ2) is 6.87. The van der Waals surface area contributed by atoms with E-state index in [9.17, 15) is 9.59 Å². The summed E-state index contributed by atoms with van der Waals surface area (Å²) in [7, 11) is 0. The molecule has 23 heavy (non-hydrogen) atoms. The van der Waals surface area contributed by atoms with Crippen LogP contribution in [0.4, 0.5) is 5.69 Å². The van der Waals surface area contributed by atoms with Crippen LogP contribution in [0.2, 0.25) is 0 Å². The molecular formula is C18H17NO3S. The van der Waals surface area contributed by atoms with Crippen molar-refractivity contribution >= 4 is 29.3 Å². The first-order chi connectivity index (χ1) is 11.1. The highest BCUT2D eigenvalue weighted by atomic mass is 32.2. The van der Waals surface area contributed by atoms with Crippen LogP contribution in [0.1, 0.15) is 17.5 Å². The predicted octanol–water partition coefficient (Wildman–Crippen LogP) is 3.54. The van der Waals surface area contributed by atoms with E-state index in [-0.39, 0.29) is 24.9 Å². The van der Waals surface area contributed by atoms with E-state index in [1.807, 2.05) is 55.5 Å². The third-order valence-corrected chi connectivity index (χ3v) is 4.85. The lowest BCUT2D eigenvalue weighted by molar-refractivity contribution is -0.145. The summed E-state index contributed by atoms with van der Waals surface area (Å²) in [6.45, 7) is 2.24. The summed E-state index contributed by atoms with van der Waals surface area (Å²) in [4.78, 5) is 25.0. The molecule has 1 aliphatic heterocycles. The molecule has 1 atom stereocenters. The lowest BCUT2D eigenvalue weighted by Crippen LogP contribution is -2.31. The Kier molecular flexibility index (Phi) is 4.67. The normalized spacial score (nSPS) is 16.4. The van der Waals surface area contributed by atoms with Crippen LogP contribution in [-0.2, 0) is 20.9 Å². The minimum atomic E-state index is -0.449. The quantitative estimate of drug-likeness (QED) is 0.873. The Balaban J connectivity index is 1.56. The van der Waals surface area contributed by atoms with Gasteiger partial charge in [-0.05, 0) is 24.6 Å². The van der Waals surface area contributed by atoms with Gasteiger partial charge >= 0.3 is 5.97 Å². The molecular weight excluding hydrogens is 310 g/mol. The standard InChI is InChI=1S/C18H17NO3S/c1-12-6-8-13(9-7-12)11-22-17(20)10-16-18(21)19-14-4-2-3-5-15(14)23-16/h2-9,16H,10-11H2,1H3,(H,19,21)/t16-/m1/s1. The fourth-order valence-electron chi connectivity index (χ4n) is 2.29. The molecule has 0 radical (unpaired) electrons. The second-order valence-corrected chi connectivity index (χ2v) is 6.69. The second-order valence-electron chi connectivity index (χ2n) is 5.44. The highest BCUT2D eigenvalue weighted by molar-refractivity contribution is 8.01. The molecule has 0 fully saturated rings. The minimum Gasteiger partial charge on any atom is -0.461 e. The Hall–Kier alpha value is -2.27. The monoisotopic (exact) mass is 327 g/mol. The molecule has 0 bridgehead atoms. The molecule has 0 spiro atoms. The van der Waals surface area contributed by atoms with Crippen LogP contribution >= 0.6 is 11.8 Å². The Morgan fingerprint density at radius 2 is 1.91 bits per heavy atom. The molecule has 2 aromatic rings. The molecule has 3 rings (SSSR count). The van der Waals surface area contributed by atoms with E-state index in [0.717, 1.165) is 21.7 Å². The fraction of sp³-hybridized carbons (Fsp3) is 0.222. The summed E-state index contributed by atoms with van der Waals surface area (Å²) in [5, 5.41) is 2.38. The summed E-state index contributed by atoms with van der Waals surface area (Å²) in [5.41, 5.74) is 2.90. The Morgan fingerprint density at radius 1 is 1.17 bits per heavy atom. The number of carbonyl (C=O) groups excluding carboxylic acids is 2. The summed E-state index contributed by atoms with van der Waals surface area (Å²) < 4.78 is 5.27. The van der Waals surface area contributed by atoms with Crippen molar-refractivity contribution in [3.8, 4) is 0 Å². The molecule has 0 saturated carbocycles. The highest BCUT2D eigenvalue weighted by Crippen LogP contribution is 2.36. The molecule has 1 aliphatic rings. The van der Waals surface area contributed by atoms with Crippen LogP contribution in [0.5, 0.6) is 0 Å². The van der Waals surface area contributed by atoms with E-state index in [1.54, 1.807) is 0 Å². The van der Waals surface area contributed by atoms with E-state index < -0.39 is 5.25 Å². The van der Waals surface area contributed by atoms with Gasteiger partial charge in [0.2, 0.25) is 5.91 Å². The number of amides is 1. The molecule has 4 nitrogen and oxygen atoms in total. The van der Waals surface area contributed by atoms with Gasteiger partial charge in [-0.15, -0.1) is 11.8 Å². The average Bonchev–Trinajstić information content (AvgIpc) is 2.55. The maximum Gasteiger partial charge on any atom is 0.307 e. The maximum absolute atomic E-state index is 12.1. The summed E-state index contributed by atoms with van der Waals surface area (Å²) in [6.07, 6.45) is 0.0662. The van der Waals surface area contributed by atoms with Crippen molar-refractivity contribution in [2.24, 2.45) is 0 Å². The van der Waals surface area contributed by atoms with Crippen LogP contribution in [0.15, 0.2) is 53.4 Å². The summed E-state index contributed by atoms with van der Waals surface area (Å²) in [6, 6.07) is 15.4. The van der Waals surface area contributed by atoms with Crippen molar-refractivity contribution in [3.05, 3.63) is 59.7 Å². The SMILES string of the molecule is Cc1ccc(COC(=O)C[C@H]2Sc3ccccc3NC2=O)cc1. The number of carbonyl (C=O) groups is 2. The number of esters is 1. The molecule has 0 aliphatic carbocycles. The number of nitrogens with one attached hydrogen (secondary N) is 1. The van der Waals surface area contributed by atoms with Gasteiger partial charge in [0.15, 0.2) is 0 Å². The molecule has 1 heterocycles. The van der Waals surface area contributed by atoms with E-state index in [2.05, 4.69) is 5.32 Å². The topological polar surface area (TPSA) is 55.4 Å². The number of hydrogen-bond donors (Lipinski definition) is 1. The Morgan fingerprint density at radius 3 is 2.70 bits per heavy atom. The molecule has 1 N–H and O–H groups in total. The average molecular weight is 327 g/mol. The van der Waals surface area contributed by atoms with E-state index in [4.69, 9.17) is 4.74 Å². The van der Waals surface area contributed by atoms with E-state index >= 15 is 0 Å². The van der Waals surface area contributed by atoms with Gasteiger partial charge in [0.05, 0.1) is 17.4 Å². The Labute approximate surface area is 139 Å². The predicted molar refractivity (Wildman–Crippen MR) is 90.3 cm³/mol. The zero-order chi connectivity index (χ0) is 16.2. The van der Waals surface area contributed by atoms with Gasteiger partial charge in [-0.25, -0.2) is 0 Å². The lowest BCUT2D eigenvalue weighted by Gasteiger charge is -2.23. The van der Waals surface area contributed by atoms with E-state index in [0.29, 0.717) is 0 Å². The van der Waals surface area contributed by atoms with Crippen LogP contribution in [-0.4, -0.2) is 17.1 Å². The number of ether oxygens (including phenoxy) is 1. The zero-order valence-electron chi connectivity index (χ0n) is 12.7. The van der Waals surface area contributed by atoms with Crippen molar-refractivity contribution in [2.45, 2.75) is 30.1 Å². The summed E-state index contributed by atoms with van der Waals surface area (Å²) in [5.74, 6) is -0.515. The zero-order valence-corrected chi connectivity index (χ0v) is 13.6. The first-order valence-electron chi connectivity index (χ1n) is 7.39. The molecule has 0 aromatic heterocycles. The third-order valence-electron chi connectivity index (χ3n) is 3.58. The number of thioether (sulfide) groups is 1. The van der Waals surface area contributed by atoms with Crippen LogP contribution < -0.4 is 5.32 Å². The number of hydrogen-bond acceptors (Lipinski definition) is 4. The third kappa shape index (κ3) is 3.93. The maximum atomic E-state index is 12.1. The number of benzene rings is 2. The molecule has 2 aromatic carbocycles. The van der Waals surface area contributed by atoms with Gasteiger partial charge in [-0.3, -0.25) is 9.59 Å². The van der Waals surface area contributed by atoms with Gasteiger partial charge < -0.3 is 10.1 Å². The minimum absolute atomic E-state index is 0.0662. The number of fused-ring (bicyclic) bond motifs is 1. The number of rotatable bonds is 4. The van der Waals surface area contributed by atoms with Gasteiger partial charge in [0.25, 0.3) is 0 Å². The lowest BCUT2D eigenvalue weighted by atomic mass is 10.2. The van der Waals surface area contributed by atoms with Crippen LogP contribution in [0, 0.1) is 6.92 Å². The van der Waals surface area contributed by atoms with Crippen LogP contribution in [0.3, 0.4) is 0 Å². The molecule has 118 valence electrons. The Bertz CT molecular complexity index is 727. The molecule has 1 amide bonds. The van der Waals surface area contributed by atoms with Gasteiger partial charge in [0.1, 0.15) is 6.61 Å². The van der Waals surface area contributed by atoms with Gasteiger partial charge in [-0.1, -0.05) is 42.0 Å².